The summed E-state index contributed by atoms with van der Waals surface area (Å²) in [6.45, 7) is 0. The van der Waals surface area contributed by atoms with Crippen molar-refractivity contribution in [3.05, 3.63) is 60.2 Å². The number of hydrogen-bond donors (Lipinski definition) is 1. The Morgan fingerprint density at radius 1 is 1.20 bits per heavy atom. The molecule has 1 aliphatic rings. The van der Waals surface area contributed by atoms with Crippen LogP contribution >= 0.6 is 0 Å². The van der Waals surface area contributed by atoms with Crippen molar-refractivity contribution in [2.75, 3.05) is 0 Å². The molecule has 3 rings (SSSR count). The molecule has 6 heteroatoms. The number of aromatic nitrogens is 1. The highest BCUT2D eigenvalue weighted by Crippen LogP contribution is 2.46. The Bertz CT molecular complexity index is 728. The molecule has 1 heterocycles. The molecule has 1 aliphatic carbocycles. The van der Waals surface area contributed by atoms with Gasteiger partial charge >= 0.3 is 0 Å². The van der Waals surface area contributed by atoms with Gasteiger partial charge in [0.15, 0.2) is 0 Å². The number of nitrogens with one attached hydrogen (secondary N) is 1. The van der Waals surface area contributed by atoms with Crippen LogP contribution in [0.5, 0.6) is 0 Å². The van der Waals surface area contributed by atoms with Gasteiger partial charge in [-0.25, -0.2) is 17.5 Å². The molecule has 0 unspecified atom stereocenters. The molecule has 0 radical (unpaired) electrons. The average Bonchev–Trinajstić information content (AvgIpc) is 3.20. The van der Waals surface area contributed by atoms with Gasteiger partial charge in [0, 0.05) is 12.4 Å². The van der Waals surface area contributed by atoms with Crippen LogP contribution in [-0.4, -0.2) is 13.4 Å². The van der Waals surface area contributed by atoms with E-state index in [1.54, 1.807) is 18.2 Å². The molecule has 104 valence electrons. The van der Waals surface area contributed by atoms with Crippen LogP contribution in [0.1, 0.15) is 18.4 Å². The molecule has 0 spiro atoms. The maximum atomic E-state index is 13.3. The van der Waals surface area contributed by atoms with Gasteiger partial charge in [0.25, 0.3) is 0 Å². The molecule has 0 bridgehead atoms. The maximum Gasteiger partial charge on any atom is 0.242 e. The molecule has 0 amide bonds. The zero-order valence-electron chi connectivity index (χ0n) is 10.6. The molecule has 4 nitrogen and oxygen atoms in total. The number of sulfonamides is 1. The summed E-state index contributed by atoms with van der Waals surface area (Å²) in [6, 6.07) is 9.09. The van der Waals surface area contributed by atoms with Crippen molar-refractivity contribution in [3.63, 3.8) is 0 Å². The van der Waals surface area contributed by atoms with Gasteiger partial charge in [0.2, 0.25) is 10.0 Å². The van der Waals surface area contributed by atoms with Crippen molar-refractivity contribution in [2.45, 2.75) is 23.3 Å². The Labute approximate surface area is 116 Å². The number of benzene rings is 1. The molecular formula is C14H13FN2O2S. The molecule has 20 heavy (non-hydrogen) atoms. The minimum Gasteiger partial charge on any atom is -0.263 e. The zero-order chi connectivity index (χ0) is 14.2. The van der Waals surface area contributed by atoms with Gasteiger partial charge in [-0.2, -0.15) is 0 Å². The van der Waals surface area contributed by atoms with Crippen LogP contribution in [0.15, 0.2) is 53.7 Å². The molecule has 2 aromatic rings. The van der Waals surface area contributed by atoms with E-state index in [2.05, 4.69) is 9.71 Å². The largest absolute Gasteiger partial charge is 0.263 e. The van der Waals surface area contributed by atoms with E-state index in [1.165, 1.54) is 30.6 Å². The van der Waals surface area contributed by atoms with Crippen LogP contribution in [0.25, 0.3) is 0 Å². The molecule has 0 saturated heterocycles. The summed E-state index contributed by atoms with van der Waals surface area (Å²) in [6.07, 6.45) is 4.13. The van der Waals surface area contributed by atoms with E-state index in [-0.39, 0.29) is 10.7 Å². The molecule has 1 fully saturated rings. The van der Waals surface area contributed by atoms with Crippen LogP contribution in [-0.2, 0) is 15.6 Å². The van der Waals surface area contributed by atoms with Gasteiger partial charge in [-0.1, -0.05) is 12.1 Å². The normalized spacial score (nSPS) is 16.9. The molecular weight excluding hydrogens is 279 g/mol. The van der Waals surface area contributed by atoms with Crippen molar-refractivity contribution >= 4 is 10.0 Å². The van der Waals surface area contributed by atoms with E-state index < -0.39 is 15.6 Å². The van der Waals surface area contributed by atoms with Gasteiger partial charge in [-0.05, 0) is 42.7 Å². The van der Waals surface area contributed by atoms with Crippen molar-refractivity contribution in [2.24, 2.45) is 0 Å². The second kappa shape index (κ2) is 4.64. The highest BCUT2D eigenvalue weighted by Gasteiger charge is 2.47. The quantitative estimate of drug-likeness (QED) is 0.939. The van der Waals surface area contributed by atoms with Crippen LogP contribution in [0.2, 0.25) is 0 Å². The monoisotopic (exact) mass is 292 g/mol. The van der Waals surface area contributed by atoms with Crippen LogP contribution < -0.4 is 4.72 Å². The summed E-state index contributed by atoms with van der Waals surface area (Å²) < 4.78 is 40.6. The summed E-state index contributed by atoms with van der Waals surface area (Å²) in [5, 5.41) is 0. The second-order valence-electron chi connectivity index (χ2n) is 4.89. The second-order valence-corrected chi connectivity index (χ2v) is 6.57. The zero-order valence-corrected chi connectivity index (χ0v) is 11.4. The lowest BCUT2D eigenvalue weighted by Gasteiger charge is -2.18. The lowest BCUT2D eigenvalue weighted by molar-refractivity contribution is 0.548. The Hall–Kier alpha value is -1.79. The van der Waals surface area contributed by atoms with E-state index >= 15 is 0 Å². The first-order chi connectivity index (χ1) is 9.52. The fourth-order valence-electron chi connectivity index (χ4n) is 2.18. The van der Waals surface area contributed by atoms with Crippen molar-refractivity contribution < 1.29 is 12.8 Å². The summed E-state index contributed by atoms with van der Waals surface area (Å²) in [7, 11) is -3.65. The number of rotatable bonds is 4. The van der Waals surface area contributed by atoms with E-state index in [1.807, 2.05) is 0 Å². The average molecular weight is 292 g/mol. The van der Waals surface area contributed by atoms with Gasteiger partial charge in [-0.15, -0.1) is 0 Å². The summed E-state index contributed by atoms with van der Waals surface area (Å²) in [5.74, 6) is -0.366. The van der Waals surface area contributed by atoms with Gasteiger partial charge in [0.1, 0.15) is 10.7 Å². The maximum absolute atomic E-state index is 13.3. The van der Waals surface area contributed by atoms with Crippen molar-refractivity contribution in [3.8, 4) is 0 Å². The molecule has 0 aliphatic heterocycles. The SMILES string of the molecule is O=S(=O)(NC1(c2cccc(F)c2)CC1)c1cccnc1. The minimum atomic E-state index is -3.65. The first kappa shape index (κ1) is 13.2. The minimum absolute atomic E-state index is 0.114. The third-order valence-corrected chi connectivity index (χ3v) is 4.92. The van der Waals surface area contributed by atoms with Gasteiger partial charge < -0.3 is 0 Å². The molecule has 1 aromatic carbocycles. The van der Waals surface area contributed by atoms with Crippen LogP contribution in [0.3, 0.4) is 0 Å². The molecule has 1 aromatic heterocycles. The Kier molecular flexibility index (Phi) is 3.07. The molecule has 1 N–H and O–H groups in total. The van der Waals surface area contributed by atoms with E-state index in [9.17, 15) is 12.8 Å². The number of hydrogen-bond acceptors (Lipinski definition) is 3. The standard InChI is InChI=1S/C14H13FN2O2S/c15-12-4-1-3-11(9-12)14(6-7-14)17-20(18,19)13-5-2-8-16-10-13/h1-5,8-10,17H,6-7H2. The van der Waals surface area contributed by atoms with E-state index in [0.29, 0.717) is 18.4 Å². The highest BCUT2D eigenvalue weighted by molar-refractivity contribution is 7.89. The summed E-state index contributed by atoms with van der Waals surface area (Å²) in [4.78, 5) is 3.92. The van der Waals surface area contributed by atoms with Gasteiger partial charge in [0.05, 0.1) is 5.54 Å². The van der Waals surface area contributed by atoms with E-state index in [0.717, 1.165) is 0 Å². The lowest BCUT2D eigenvalue weighted by atomic mass is 10.1. The number of nitrogens with zero attached hydrogens (tertiary/aromatic N) is 1. The first-order valence-corrected chi connectivity index (χ1v) is 7.70. The predicted octanol–water partition coefficient (Wildman–Crippen LogP) is 2.19. The fourth-order valence-corrected chi connectivity index (χ4v) is 3.59. The van der Waals surface area contributed by atoms with Crippen LogP contribution in [0, 0.1) is 5.82 Å². The van der Waals surface area contributed by atoms with Crippen molar-refractivity contribution in [1.82, 2.24) is 9.71 Å². The third-order valence-electron chi connectivity index (χ3n) is 3.40. The number of halogens is 1. The smallest absolute Gasteiger partial charge is 0.242 e. The van der Waals surface area contributed by atoms with Crippen molar-refractivity contribution in [1.29, 1.82) is 0 Å². The Morgan fingerprint density at radius 2 is 2.00 bits per heavy atom. The predicted molar refractivity (Wildman–Crippen MR) is 71.9 cm³/mol. The lowest BCUT2D eigenvalue weighted by Crippen LogP contribution is -2.34. The third kappa shape index (κ3) is 2.44. The first-order valence-electron chi connectivity index (χ1n) is 6.22. The Morgan fingerprint density at radius 3 is 2.60 bits per heavy atom. The summed E-state index contributed by atoms with van der Waals surface area (Å²) in [5.41, 5.74) is -0.0264. The Balaban J connectivity index is 1.91. The van der Waals surface area contributed by atoms with Crippen LogP contribution in [0.4, 0.5) is 4.39 Å². The highest BCUT2D eigenvalue weighted by atomic mass is 32.2. The number of pyridine rings is 1. The molecule has 0 atom stereocenters. The van der Waals surface area contributed by atoms with Gasteiger partial charge in [-0.3, -0.25) is 4.98 Å². The summed E-state index contributed by atoms with van der Waals surface area (Å²) >= 11 is 0. The molecule has 1 saturated carbocycles. The van der Waals surface area contributed by atoms with E-state index in [4.69, 9.17) is 0 Å². The fraction of sp³-hybridized carbons (Fsp3) is 0.214. The topological polar surface area (TPSA) is 59.1 Å².